The molecule has 0 spiro atoms. The van der Waals surface area contributed by atoms with Crippen molar-refractivity contribution < 1.29 is 9.90 Å². The molecule has 0 aliphatic carbocycles. The van der Waals surface area contributed by atoms with E-state index < -0.39 is 11.5 Å². The lowest BCUT2D eigenvalue weighted by atomic mass is 10.1. The van der Waals surface area contributed by atoms with E-state index in [0.717, 1.165) is 6.42 Å². The number of carboxylic acid groups (broad SMARTS) is 1. The maximum atomic E-state index is 12.2. The standard InChI is InChI=1S/C15H15NO3/c1-3-11-5-7-12(8-6-11)16-10(2)4-9-13(14(16)17)15(18)19/h4-9H,3H2,1-2H3,(H,18,19). The molecule has 0 amide bonds. The van der Waals surface area contributed by atoms with Gasteiger partial charge in [0.05, 0.1) is 0 Å². The first-order valence-electron chi connectivity index (χ1n) is 6.10. The van der Waals surface area contributed by atoms with Crippen LogP contribution in [0.1, 0.15) is 28.5 Å². The number of carboxylic acids is 1. The molecule has 1 N–H and O–H groups in total. The molecule has 1 aromatic heterocycles. The summed E-state index contributed by atoms with van der Waals surface area (Å²) < 4.78 is 1.42. The molecule has 0 saturated carbocycles. The summed E-state index contributed by atoms with van der Waals surface area (Å²) in [4.78, 5) is 23.2. The Hall–Kier alpha value is -2.36. The second-order valence-corrected chi connectivity index (χ2v) is 4.35. The summed E-state index contributed by atoms with van der Waals surface area (Å²) in [5.74, 6) is -1.20. The molecule has 0 unspecified atom stereocenters. The fourth-order valence-electron chi connectivity index (χ4n) is 1.99. The molecule has 0 fully saturated rings. The summed E-state index contributed by atoms with van der Waals surface area (Å²) in [6.45, 7) is 3.83. The predicted molar refractivity (Wildman–Crippen MR) is 73.1 cm³/mol. The molecule has 1 aromatic carbocycles. The van der Waals surface area contributed by atoms with E-state index in [9.17, 15) is 9.59 Å². The van der Waals surface area contributed by atoms with Gasteiger partial charge in [-0.2, -0.15) is 0 Å². The molecule has 2 rings (SSSR count). The van der Waals surface area contributed by atoms with E-state index in [2.05, 4.69) is 6.92 Å². The van der Waals surface area contributed by atoms with Gasteiger partial charge in [0.1, 0.15) is 5.56 Å². The summed E-state index contributed by atoms with van der Waals surface area (Å²) in [5.41, 5.74) is 1.84. The molecule has 4 heteroatoms. The third kappa shape index (κ3) is 2.42. The Morgan fingerprint density at radius 2 is 1.79 bits per heavy atom. The van der Waals surface area contributed by atoms with Gasteiger partial charge in [-0.25, -0.2) is 4.79 Å². The predicted octanol–water partition coefficient (Wildman–Crippen LogP) is 2.41. The van der Waals surface area contributed by atoms with Crippen LogP contribution in [0.3, 0.4) is 0 Å². The highest BCUT2D eigenvalue weighted by molar-refractivity contribution is 5.87. The molecule has 98 valence electrons. The van der Waals surface area contributed by atoms with Crippen LogP contribution in [-0.2, 0) is 6.42 Å². The summed E-state index contributed by atoms with van der Waals surface area (Å²) in [6, 6.07) is 10.5. The number of hydrogen-bond acceptors (Lipinski definition) is 2. The minimum Gasteiger partial charge on any atom is -0.477 e. The zero-order valence-corrected chi connectivity index (χ0v) is 10.9. The lowest BCUT2D eigenvalue weighted by Crippen LogP contribution is -2.26. The molecule has 0 bridgehead atoms. The van der Waals surface area contributed by atoms with Gasteiger partial charge in [-0.05, 0) is 43.2 Å². The zero-order chi connectivity index (χ0) is 14.0. The molecule has 4 nitrogen and oxygen atoms in total. The van der Waals surface area contributed by atoms with Crippen molar-refractivity contribution in [2.24, 2.45) is 0 Å². The number of carbonyl (C=O) groups is 1. The maximum absolute atomic E-state index is 12.2. The molecule has 0 radical (unpaired) electrons. The minimum absolute atomic E-state index is 0.217. The number of benzene rings is 1. The summed E-state index contributed by atoms with van der Waals surface area (Å²) in [6.07, 6.45) is 0.920. The zero-order valence-electron chi connectivity index (χ0n) is 10.9. The Kier molecular flexibility index (Phi) is 3.51. The number of pyridine rings is 1. The molecule has 0 saturated heterocycles. The smallest absolute Gasteiger partial charge is 0.341 e. The first kappa shape index (κ1) is 13.1. The number of hydrogen-bond donors (Lipinski definition) is 1. The van der Waals surface area contributed by atoms with Crippen LogP contribution < -0.4 is 5.56 Å². The van der Waals surface area contributed by atoms with E-state index in [4.69, 9.17) is 5.11 Å². The molecular weight excluding hydrogens is 242 g/mol. The molecule has 0 aliphatic rings. The van der Waals surface area contributed by atoms with Crippen molar-refractivity contribution in [3.63, 3.8) is 0 Å². The Bertz CT molecular complexity index is 669. The topological polar surface area (TPSA) is 59.3 Å². The van der Waals surface area contributed by atoms with Crippen LogP contribution >= 0.6 is 0 Å². The van der Waals surface area contributed by atoms with Crippen molar-refractivity contribution in [2.45, 2.75) is 20.3 Å². The maximum Gasteiger partial charge on any atom is 0.341 e. The van der Waals surface area contributed by atoms with Crippen molar-refractivity contribution in [1.82, 2.24) is 4.57 Å². The van der Waals surface area contributed by atoms with Gasteiger partial charge in [-0.1, -0.05) is 19.1 Å². The quantitative estimate of drug-likeness (QED) is 0.918. The number of aromatic carboxylic acids is 1. The van der Waals surface area contributed by atoms with Gasteiger partial charge < -0.3 is 5.11 Å². The average Bonchev–Trinajstić information content (AvgIpc) is 2.39. The summed E-state index contributed by atoms with van der Waals surface area (Å²) in [7, 11) is 0. The van der Waals surface area contributed by atoms with Crippen LogP contribution in [0.2, 0.25) is 0 Å². The van der Waals surface area contributed by atoms with Crippen LogP contribution in [0.4, 0.5) is 0 Å². The van der Waals surface area contributed by atoms with Crippen LogP contribution in [0.5, 0.6) is 0 Å². The Morgan fingerprint density at radius 3 is 2.32 bits per heavy atom. The lowest BCUT2D eigenvalue weighted by Gasteiger charge is -2.11. The molecule has 0 atom stereocenters. The number of aryl methyl sites for hydroxylation is 2. The van der Waals surface area contributed by atoms with Gasteiger partial charge in [-0.3, -0.25) is 9.36 Å². The Balaban J connectivity index is 2.63. The molecule has 0 aliphatic heterocycles. The van der Waals surface area contributed by atoms with Crippen molar-refractivity contribution in [2.75, 3.05) is 0 Å². The van der Waals surface area contributed by atoms with Crippen molar-refractivity contribution in [3.8, 4) is 5.69 Å². The molecular formula is C15H15NO3. The van der Waals surface area contributed by atoms with Gasteiger partial charge >= 0.3 is 5.97 Å². The van der Waals surface area contributed by atoms with Crippen molar-refractivity contribution >= 4 is 5.97 Å². The van der Waals surface area contributed by atoms with E-state index in [0.29, 0.717) is 11.4 Å². The van der Waals surface area contributed by atoms with Gasteiger partial charge in [-0.15, -0.1) is 0 Å². The number of rotatable bonds is 3. The summed E-state index contributed by atoms with van der Waals surface area (Å²) in [5, 5.41) is 9.00. The van der Waals surface area contributed by atoms with Crippen LogP contribution in [0.15, 0.2) is 41.2 Å². The molecule has 2 aromatic rings. The number of nitrogens with zero attached hydrogens (tertiary/aromatic N) is 1. The first-order valence-corrected chi connectivity index (χ1v) is 6.10. The highest BCUT2D eigenvalue weighted by Gasteiger charge is 2.13. The Labute approximate surface area is 110 Å². The Morgan fingerprint density at radius 1 is 1.16 bits per heavy atom. The van der Waals surface area contributed by atoms with Gasteiger partial charge in [0, 0.05) is 11.4 Å². The molecule has 1 heterocycles. The van der Waals surface area contributed by atoms with E-state index in [1.165, 1.54) is 16.2 Å². The van der Waals surface area contributed by atoms with Gasteiger partial charge in [0.15, 0.2) is 0 Å². The largest absolute Gasteiger partial charge is 0.477 e. The van der Waals surface area contributed by atoms with E-state index in [-0.39, 0.29) is 5.56 Å². The SMILES string of the molecule is CCc1ccc(-n2c(C)ccc(C(=O)O)c2=O)cc1. The minimum atomic E-state index is -1.20. The van der Waals surface area contributed by atoms with Crippen molar-refractivity contribution in [1.29, 1.82) is 0 Å². The fourth-order valence-corrected chi connectivity index (χ4v) is 1.99. The summed E-state index contributed by atoms with van der Waals surface area (Å²) >= 11 is 0. The third-order valence-electron chi connectivity index (χ3n) is 3.11. The van der Waals surface area contributed by atoms with Crippen LogP contribution in [-0.4, -0.2) is 15.6 Å². The number of aromatic nitrogens is 1. The van der Waals surface area contributed by atoms with Gasteiger partial charge in [0.25, 0.3) is 5.56 Å². The monoisotopic (exact) mass is 257 g/mol. The first-order chi connectivity index (χ1) is 9.04. The third-order valence-corrected chi connectivity index (χ3v) is 3.11. The lowest BCUT2D eigenvalue weighted by molar-refractivity contribution is 0.0694. The van der Waals surface area contributed by atoms with Crippen LogP contribution in [0.25, 0.3) is 5.69 Å². The van der Waals surface area contributed by atoms with E-state index >= 15 is 0 Å². The highest BCUT2D eigenvalue weighted by atomic mass is 16.4. The van der Waals surface area contributed by atoms with E-state index in [1.807, 2.05) is 24.3 Å². The van der Waals surface area contributed by atoms with Crippen molar-refractivity contribution in [3.05, 3.63) is 63.6 Å². The van der Waals surface area contributed by atoms with Crippen LogP contribution in [0, 0.1) is 6.92 Å². The fraction of sp³-hybridized carbons (Fsp3) is 0.200. The second kappa shape index (κ2) is 5.10. The molecule has 19 heavy (non-hydrogen) atoms. The average molecular weight is 257 g/mol. The highest BCUT2D eigenvalue weighted by Crippen LogP contribution is 2.11. The van der Waals surface area contributed by atoms with E-state index in [1.54, 1.807) is 13.0 Å². The normalized spacial score (nSPS) is 10.4. The second-order valence-electron chi connectivity index (χ2n) is 4.35. The van der Waals surface area contributed by atoms with Gasteiger partial charge in [0.2, 0.25) is 0 Å².